The first-order valence-corrected chi connectivity index (χ1v) is 8.47. The summed E-state index contributed by atoms with van der Waals surface area (Å²) in [6.45, 7) is 5.13. The average Bonchev–Trinajstić information content (AvgIpc) is 2.65. The third-order valence-electron chi connectivity index (χ3n) is 4.25. The molecule has 25 heavy (non-hydrogen) atoms. The molecule has 1 amide bonds. The van der Waals surface area contributed by atoms with E-state index in [1.54, 1.807) is 19.5 Å². The van der Waals surface area contributed by atoms with Crippen molar-refractivity contribution in [3.8, 4) is 11.5 Å². The third kappa shape index (κ3) is 3.90. The van der Waals surface area contributed by atoms with Gasteiger partial charge in [0.05, 0.1) is 19.3 Å². The molecule has 0 unspecified atom stereocenters. The van der Waals surface area contributed by atoms with E-state index < -0.39 is 0 Å². The lowest BCUT2D eigenvalue weighted by Crippen LogP contribution is -2.35. The van der Waals surface area contributed by atoms with Gasteiger partial charge in [0.15, 0.2) is 11.5 Å². The fraction of sp³-hybridized carbons (Fsp3) is 0.421. The van der Waals surface area contributed by atoms with Crippen LogP contribution in [0, 0.1) is 5.92 Å². The van der Waals surface area contributed by atoms with E-state index in [0.29, 0.717) is 18.7 Å². The van der Waals surface area contributed by atoms with Gasteiger partial charge in [0.25, 0.3) is 5.91 Å². The van der Waals surface area contributed by atoms with Crippen LogP contribution in [0.3, 0.4) is 0 Å². The van der Waals surface area contributed by atoms with Crippen molar-refractivity contribution in [3.63, 3.8) is 0 Å². The van der Waals surface area contributed by atoms with Crippen LogP contribution in [-0.2, 0) is 6.42 Å². The maximum Gasteiger partial charge on any atom is 0.254 e. The first-order chi connectivity index (χ1) is 12.1. The zero-order valence-electron chi connectivity index (χ0n) is 14.8. The van der Waals surface area contributed by atoms with Crippen LogP contribution in [-0.4, -0.2) is 36.1 Å². The summed E-state index contributed by atoms with van der Waals surface area (Å²) in [5, 5.41) is 2.95. The minimum absolute atomic E-state index is 0.160. The fourth-order valence-electron chi connectivity index (χ4n) is 2.84. The molecule has 1 N–H and O–H groups in total. The third-order valence-corrected chi connectivity index (χ3v) is 4.25. The Hall–Kier alpha value is -2.63. The van der Waals surface area contributed by atoms with Crippen LogP contribution in [0.1, 0.15) is 41.5 Å². The lowest BCUT2D eigenvalue weighted by atomic mass is 9.96. The first-order valence-electron chi connectivity index (χ1n) is 8.47. The van der Waals surface area contributed by atoms with Gasteiger partial charge in [0.2, 0.25) is 0 Å². The van der Waals surface area contributed by atoms with Gasteiger partial charge >= 0.3 is 0 Å². The van der Waals surface area contributed by atoms with Crippen molar-refractivity contribution in [2.45, 2.75) is 26.2 Å². The van der Waals surface area contributed by atoms with Crippen molar-refractivity contribution in [2.75, 3.05) is 20.3 Å². The molecule has 1 aliphatic heterocycles. The number of benzene rings is 1. The lowest BCUT2D eigenvalue weighted by molar-refractivity contribution is 0.0937. The highest BCUT2D eigenvalue weighted by atomic mass is 16.5. The summed E-state index contributed by atoms with van der Waals surface area (Å²) >= 11 is 0. The molecule has 1 aromatic heterocycles. The summed E-state index contributed by atoms with van der Waals surface area (Å²) < 4.78 is 11.2. The second-order valence-electron chi connectivity index (χ2n) is 6.52. The van der Waals surface area contributed by atoms with Gasteiger partial charge < -0.3 is 14.8 Å². The van der Waals surface area contributed by atoms with Gasteiger partial charge in [-0.3, -0.25) is 4.79 Å². The smallest absolute Gasteiger partial charge is 0.254 e. The predicted molar refractivity (Wildman–Crippen MR) is 94.1 cm³/mol. The summed E-state index contributed by atoms with van der Waals surface area (Å²) in [5.74, 6) is 2.61. The molecule has 1 aliphatic rings. The number of fused-ring (bicyclic) bond motifs is 1. The molecule has 6 heteroatoms. The van der Waals surface area contributed by atoms with E-state index in [1.807, 2.05) is 32.0 Å². The molecule has 3 rings (SSSR count). The molecule has 2 aromatic rings. The Kier molecular flexibility index (Phi) is 5.16. The van der Waals surface area contributed by atoms with Crippen LogP contribution in [0.15, 0.2) is 30.6 Å². The minimum atomic E-state index is -0.160. The number of hydrogen-bond acceptors (Lipinski definition) is 5. The Morgan fingerprint density at radius 2 is 2.12 bits per heavy atom. The summed E-state index contributed by atoms with van der Waals surface area (Å²) in [7, 11) is 1.64. The van der Waals surface area contributed by atoms with Crippen molar-refractivity contribution in [3.05, 3.63) is 47.5 Å². The molecular weight excluding hydrogens is 318 g/mol. The predicted octanol–water partition coefficient (Wildman–Crippen LogP) is 2.59. The molecule has 132 valence electrons. The quantitative estimate of drug-likeness (QED) is 0.905. The summed E-state index contributed by atoms with van der Waals surface area (Å²) in [5.41, 5.74) is 1.58. The molecule has 2 heterocycles. The molecule has 0 saturated carbocycles. The van der Waals surface area contributed by atoms with Crippen molar-refractivity contribution < 1.29 is 14.3 Å². The van der Waals surface area contributed by atoms with Gasteiger partial charge in [-0.25, -0.2) is 9.97 Å². The van der Waals surface area contributed by atoms with Crippen LogP contribution in [0.4, 0.5) is 0 Å². The number of nitrogens with one attached hydrogen (secondary N) is 1. The highest BCUT2D eigenvalue weighted by molar-refractivity contribution is 5.93. The summed E-state index contributed by atoms with van der Waals surface area (Å²) in [6, 6.07) is 5.88. The van der Waals surface area contributed by atoms with E-state index in [-0.39, 0.29) is 17.7 Å². The molecule has 6 nitrogen and oxygen atoms in total. The second kappa shape index (κ2) is 7.51. The normalized spacial score (nSPS) is 16.1. The molecule has 0 aliphatic carbocycles. The van der Waals surface area contributed by atoms with Crippen LogP contribution in [0.2, 0.25) is 0 Å². The fourth-order valence-corrected chi connectivity index (χ4v) is 2.84. The van der Waals surface area contributed by atoms with Crippen molar-refractivity contribution >= 4 is 5.91 Å². The highest BCUT2D eigenvalue weighted by Gasteiger charge is 2.23. The number of aromatic nitrogens is 2. The number of carbonyl (C=O) groups excluding carboxylic acids is 1. The minimum Gasteiger partial charge on any atom is -0.493 e. The summed E-state index contributed by atoms with van der Waals surface area (Å²) in [4.78, 5) is 20.7. The lowest BCUT2D eigenvalue weighted by Gasteiger charge is -2.26. The summed E-state index contributed by atoms with van der Waals surface area (Å²) in [6.07, 6.45) is 4.00. The molecule has 1 aromatic carbocycles. The van der Waals surface area contributed by atoms with Gasteiger partial charge in [-0.05, 0) is 18.1 Å². The Bertz CT molecular complexity index is 744. The van der Waals surface area contributed by atoms with Crippen LogP contribution < -0.4 is 14.8 Å². The Morgan fingerprint density at radius 1 is 1.36 bits per heavy atom. The van der Waals surface area contributed by atoms with E-state index in [1.165, 1.54) is 0 Å². The highest BCUT2D eigenvalue weighted by Crippen LogP contribution is 2.35. The van der Waals surface area contributed by atoms with Crippen molar-refractivity contribution in [1.82, 2.24) is 15.3 Å². The van der Waals surface area contributed by atoms with E-state index in [9.17, 15) is 4.79 Å². The van der Waals surface area contributed by atoms with E-state index in [2.05, 4.69) is 15.3 Å². The first kappa shape index (κ1) is 17.2. The zero-order chi connectivity index (χ0) is 17.8. The number of amides is 1. The molecule has 0 spiro atoms. The Balaban J connectivity index is 1.58. The van der Waals surface area contributed by atoms with Gasteiger partial charge in [0, 0.05) is 30.8 Å². The largest absolute Gasteiger partial charge is 0.493 e. The number of ether oxygens (including phenoxy) is 2. The average molecular weight is 341 g/mol. The maximum atomic E-state index is 12.3. The standard InChI is InChI=1S/C19H23N3O3/c1-12(2)18-20-9-15(10-21-18)19(23)22-8-13-7-14-5-4-6-16(24-3)17(14)25-11-13/h4-6,9-10,12-13H,7-8,11H2,1-3H3,(H,22,23)/t13-/m1/s1. The van der Waals surface area contributed by atoms with Crippen molar-refractivity contribution in [2.24, 2.45) is 5.92 Å². The molecular formula is C19H23N3O3. The Morgan fingerprint density at radius 3 is 2.80 bits per heavy atom. The molecule has 1 atom stereocenters. The number of para-hydroxylation sites is 1. The Labute approximate surface area is 147 Å². The zero-order valence-corrected chi connectivity index (χ0v) is 14.8. The van der Waals surface area contributed by atoms with Crippen LogP contribution in [0.25, 0.3) is 0 Å². The van der Waals surface area contributed by atoms with Crippen LogP contribution >= 0.6 is 0 Å². The van der Waals surface area contributed by atoms with Gasteiger partial charge in [-0.1, -0.05) is 26.0 Å². The SMILES string of the molecule is COc1cccc2c1OC[C@@H](CNC(=O)c1cnc(C(C)C)nc1)C2. The number of rotatable bonds is 5. The topological polar surface area (TPSA) is 73.3 Å². The van der Waals surface area contributed by atoms with Gasteiger partial charge in [-0.2, -0.15) is 0 Å². The van der Waals surface area contributed by atoms with E-state index in [4.69, 9.17) is 9.47 Å². The van der Waals surface area contributed by atoms with Gasteiger partial charge in [0.1, 0.15) is 5.82 Å². The molecule has 0 fully saturated rings. The molecule has 0 bridgehead atoms. The van der Waals surface area contributed by atoms with E-state index >= 15 is 0 Å². The molecule has 0 saturated heterocycles. The van der Waals surface area contributed by atoms with E-state index in [0.717, 1.165) is 29.3 Å². The number of hydrogen-bond donors (Lipinski definition) is 1. The number of methoxy groups -OCH3 is 1. The van der Waals surface area contributed by atoms with Crippen molar-refractivity contribution in [1.29, 1.82) is 0 Å². The second-order valence-corrected chi connectivity index (χ2v) is 6.52. The number of carbonyl (C=O) groups is 1. The number of nitrogens with zero attached hydrogens (tertiary/aromatic N) is 2. The monoisotopic (exact) mass is 341 g/mol. The van der Waals surface area contributed by atoms with Crippen LogP contribution in [0.5, 0.6) is 11.5 Å². The molecule has 0 radical (unpaired) electrons. The maximum absolute atomic E-state index is 12.3. The van der Waals surface area contributed by atoms with Gasteiger partial charge in [-0.15, -0.1) is 0 Å².